The van der Waals surface area contributed by atoms with E-state index < -0.39 is 17.7 Å². The van der Waals surface area contributed by atoms with Crippen LogP contribution in [0, 0.1) is 12.3 Å². The summed E-state index contributed by atoms with van der Waals surface area (Å²) in [5, 5.41) is 10.2. The van der Waals surface area contributed by atoms with Gasteiger partial charge in [0.25, 0.3) is 0 Å². The Hall–Kier alpha value is -2.71. The highest BCUT2D eigenvalue weighted by Crippen LogP contribution is 2.43. The number of pyridine rings is 2. The van der Waals surface area contributed by atoms with Crippen molar-refractivity contribution < 1.29 is 24.1 Å². The first kappa shape index (κ1) is 28.9. The second-order valence-electron chi connectivity index (χ2n) is 11.8. The smallest absolute Gasteiger partial charge is 0.337 e. The summed E-state index contributed by atoms with van der Waals surface area (Å²) in [7, 11) is 0. The van der Waals surface area contributed by atoms with E-state index in [4.69, 9.17) is 14.2 Å². The van der Waals surface area contributed by atoms with E-state index in [2.05, 4.69) is 28.7 Å². The van der Waals surface area contributed by atoms with Crippen LogP contribution in [0.2, 0.25) is 0 Å². The Morgan fingerprint density at radius 1 is 1.11 bits per heavy atom. The Bertz CT molecular complexity index is 1050. The Balaban J connectivity index is 2.04. The van der Waals surface area contributed by atoms with Crippen molar-refractivity contribution in [3.63, 3.8) is 0 Å². The van der Waals surface area contributed by atoms with Gasteiger partial charge in [0.1, 0.15) is 6.61 Å². The lowest BCUT2D eigenvalue weighted by Crippen LogP contribution is -2.39. The minimum atomic E-state index is -1.14. The fourth-order valence-electron chi connectivity index (χ4n) is 4.45. The first-order valence-corrected chi connectivity index (χ1v) is 13.1. The average molecular weight is 514 g/mol. The molecule has 0 amide bonds. The highest BCUT2D eigenvalue weighted by molar-refractivity contribution is 5.86. The van der Waals surface area contributed by atoms with Crippen LogP contribution in [0.25, 0.3) is 11.1 Å². The van der Waals surface area contributed by atoms with Gasteiger partial charge in [-0.3, -0.25) is 4.98 Å². The molecule has 1 fully saturated rings. The molecule has 1 saturated heterocycles. The van der Waals surface area contributed by atoms with Crippen LogP contribution in [0.4, 0.5) is 5.69 Å². The van der Waals surface area contributed by atoms with Crippen LogP contribution in [-0.2, 0) is 14.3 Å². The molecule has 8 heteroatoms. The van der Waals surface area contributed by atoms with Crippen LogP contribution in [0.5, 0.6) is 5.88 Å². The molecule has 204 valence electrons. The zero-order chi connectivity index (χ0) is 27.4. The van der Waals surface area contributed by atoms with Gasteiger partial charge in [-0.2, -0.15) is 0 Å². The number of carboxylic acids is 1. The molecule has 37 heavy (non-hydrogen) atoms. The van der Waals surface area contributed by atoms with E-state index in [0.717, 1.165) is 42.7 Å². The SMILES string of the molecule is Cc1ncc(-c2ccc(OCCOC(C)C)nc2)c(N2CCC(C)(C)CC2)c1[C@H](OC(C)(C)C)C(=O)O. The van der Waals surface area contributed by atoms with Crippen molar-refractivity contribution in [1.29, 1.82) is 0 Å². The molecule has 8 nitrogen and oxygen atoms in total. The standard InChI is InChI=1S/C29H43N3O5/c1-19(2)35-15-16-36-23-10-9-21(17-31-23)22-18-30-20(3)24(26(27(33)34)37-28(4,5)6)25(22)32-13-11-29(7,8)12-14-32/h9-10,17-19,26H,11-16H2,1-8H3,(H,33,34)/t26-/m0/s1. The molecule has 0 aliphatic carbocycles. The van der Waals surface area contributed by atoms with Gasteiger partial charge in [0.2, 0.25) is 5.88 Å². The maximum Gasteiger partial charge on any atom is 0.337 e. The summed E-state index contributed by atoms with van der Waals surface area (Å²) in [4.78, 5) is 23.9. The lowest BCUT2D eigenvalue weighted by molar-refractivity contribution is -0.160. The molecule has 1 aliphatic heterocycles. The van der Waals surface area contributed by atoms with Crippen molar-refractivity contribution in [3.8, 4) is 17.0 Å². The lowest BCUT2D eigenvalue weighted by atomic mass is 9.82. The van der Waals surface area contributed by atoms with Gasteiger partial charge in [-0.15, -0.1) is 0 Å². The molecule has 0 spiro atoms. The number of nitrogens with zero attached hydrogens (tertiary/aromatic N) is 3. The maximum absolute atomic E-state index is 12.5. The van der Waals surface area contributed by atoms with Crippen LogP contribution < -0.4 is 9.64 Å². The first-order valence-electron chi connectivity index (χ1n) is 13.1. The number of hydrogen-bond donors (Lipinski definition) is 1. The summed E-state index contributed by atoms with van der Waals surface area (Å²) in [6.45, 7) is 18.5. The second-order valence-corrected chi connectivity index (χ2v) is 11.8. The number of piperidine rings is 1. The summed E-state index contributed by atoms with van der Waals surface area (Å²) in [5.41, 5.74) is 3.40. The fourth-order valence-corrected chi connectivity index (χ4v) is 4.45. The molecule has 1 atom stereocenters. The summed E-state index contributed by atoms with van der Waals surface area (Å²) >= 11 is 0. The van der Waals surface area contributed by atoms with E-state index >= 15 is 0 Å². The molecular weight excluding hydrogens is 470 g/mol. The molecule has 3 rings (SSSR count). The van der Waals surface area contributed by atoms with Crippen molar-refractivity contribution in [1.82, 2.24) is 9.97 Å². The summed E-state index contributed by atoms with van der Waals surface area (Å²) in [6.07, 6.45) is 4.60. The van der Waals surface area contributed by atoms with Gasteiger partial charge in [-0.25, -0.2) is 9.78 Å². The molecular formula is C29H43N3O5. The monoisotopic (exact) mass is 513 g/mol. The van der Waals surface area contributed by atoms with Crippen LogP contribution in [0.3, 0.4) is 0 Å². The van der Waals surface area contributed by atoms with E-state index in [-0.39, 0.29) is 11.5 Å². The highest BCUT2D eigenvalue weighted by atomic mass is 16.5. The number of anilines is 1. The molecule has 0 bridgehead atoms. The summed E-state index contributed by atoms with van der Waals surface area (Å²) in [5.74, 6) is -0.516. The number of carbonyl (C=O) groups is 1. The van der Waals surface area contributed by atoms with Crippen LogP contribution >= 0.6 is 0 Å². The largest absolute Gasteiger partial charge is 0.479 e. The second kappa shape index (κ2) is 11.8. The molecule has 3 heterocycles. The molecule has 0 aromatic carbocycles. The maximum atomic E-state index is 12.5. The Kier molecular flexibility index (Phi) is 9.18. The average Bonchev–Trinajstić information content (AvgIpc) is 2.80. The van der Waals surface area contributed by atoms with E-state index in [1.54, 1.807) is 6.20 Å². The third kappa shape index (κ3) is 7.89. The molecule has 2 aromatic heterocycles. The zero-order valence-corrected chi connectivity index (χ0v) is 23.6. The van der Waals surface area contributed by atoms with Crippen LogP contribution in [-0.4, -0.2) is 59.1 Å². The van der Waals surface area contributed by atoms with Crippen molar-refractivity contribution in [2.45, 2.75) is 86.0 Å². The summed E-state index contributed by atoms with van der Waals surface area (Å²) < 4.78 is 17.4. The number of carboxylic acid groups (broad SMARTS) is 1. The van der Waals surface area contributed by atoms with Crippen LogP contribution in [0.15, 0.2) is 24.5 Å². The number of aryl methyl sites for hydroxylation is 1. The van der Waals surface area contributed by atoms with Crippen molar-refractivity contribution in [3.05, 3.63) is 35.8 Å². The van der Waals surface area contributed by atoms with Crippen molar-refractivity contribution in [2.75, 3.05) is 31.2 Å². The fraction of sp³-hybridized carbons (Fsp3) is 0.621. The highest BCUT2D eigenvalue weighted by Gasteiger charge is 2.35. The van der Waals surface area contributed by atoms with Crippen molar-refractivity contribution in [2.24, 2.45) is 5.41 Å². The number of ether oxygens (including phenoxy) is 3. The number of rotatable bonds is 10. The topological polar surface area (TPSA) is 94.0 Å². The van der Waals surface area contributed by atoms with Gasteiger partial charge >= 0.3 is 5.97 Å². The van der Waals surface area contributed by atoms with Gasteiger partial charge in [0.05, 0.1) is 24.0 Å². The van der Waals surface area contributed by atoms with E-state index in [1.165, 1.54) is 0 Å². The van der Waals surface area contributed by atoms with Gasteiger partial charge in [-0.05, 0) is 65.9 Å². The first-order chi connectivity index (χ1) is 17.3. The molecule has 0 radical (unpaired) electrons. The normalized spacial score (nSPS) is 16.6. The third-order valence-corrected chi connectivity index (χ3v) is 6.51. The Morgan fingerprint density at radius 3 is 2.32 bits per heavy atom. The minimum Gasteiger partial charge on any atom is -0.479 e. The predicted molar refractivity (Wildman–Crippen MR) is 145 cm³/mol. The predicted octanol–water partition coefficient (Wildman–Crippen LogP) is 5.82. The third-order valence-electron chi connectivity index (χ3n) is 6.51. The Labute approximate surface area is 221 Å². The van der Waals surface area contributed by atoms with Gasteiger partial charge in [0, 0.05) is 53.9 Å². The van der Waals surface area contributed by atoms with Gasteiger partial charge < -0.3 is 24.2 Å². The number of aromatic nitrogens is 2. The Morgan fingerprint density at radius 2 is 1.78 bits per heavy atom. The van der Waals surface area contributed by atoms with E-state index in [1.807, 2.05) is 59.9 Å². The molecule has 1 N–H and O–H groups in total. The van der Waals surface area contributed by atoms with Crippen molar-refractivity contribution >= 4 is 11.7 Å². The van der Waals surface area contributed by atoms with E-state index in [9.17, 15) is 9.90 Å². The van der Waals surface area contributed by atoms with Gasteiger partial charge in [0.15, 0.2) is 6.10 Å². The molecule has 1 aliphatic rings. The quantitative estimate of drug-likeness (QED) is 0.397. The molecule has 0 unspecified atom stereocenters. The van der Waals surface area contributed by atoms with Gasteiger partial charge in [-0.1, -0.05) is 13.8 Å². The minimum absolute atomic E-state index is 0.151. The molecule has 0 saturated carbocycles. The number of aliphatic carboxylic acids is 1. The zero-order valence-electron chi connectivity index (χ0n) is 23.6. The lowest BCUT2D eigenvalue weighted by Gasteiger charge is -2.40. The number of hydrogen-bond acceptors (Lipinski definition) is 7. The summed E-state index contributed by atoms with van der Waals surface area (Å²) in [6, 6.07) is 3.77. The molecule has 2 aromatic rings. The van der Waals surface area contributed by atoms with E-state index in [0.29, 0.717) is 30.4 Å². The van der Waals surface area contributed by atoms with Crippen LogP contribution in [0.1, 0.15) is 78.7 Å².